The quantitative estimate of drug-likeness (QED) is 0.628. The SMILES string of the molecule is Cc1ccc(C)c(O[C@H](C)C(=O)Nc2nnc(SC(C)C)s2)c1. The van der Waals surface area contributed by atoms with Crippen molar-refractivity contribution in [2.45, 2.75) is 50.3 Å². The Morgan fingerprint density at radius 3 is 2.70 bits per heavy atom. The Bertz CT molecular complexity index is 686. The van der Waals surface area contributed by atoms with E-state index in [0.29, 0.717) is 10.4 Å². The highest BCUT2D eigenvalue weighted by Crippen LogP contribution is 2.28. The molecule has 2 aromatic rings. The number of amides is 1. The van der Waals surface area contributed by atoms with Crippen LogP contribution in [0, 0.1) is 13.8 Å². The number of thioether (sulfide) groups is 1. The minimum Gasteiger partial charge on any atom is -0.481 e. The lowest BCUT2D eigenvalue weighted by Gasteiger charge is -2.15. The zero-order valence-electron chi connectivity index (χ0n) is 13.9. The number of nitrogens with zero attached hydrogens (tertiary/aromatic N) is 2. The van der Waals surface area contributed by atoms with E-state index in [1.807, 2.05) is 32.0 Å². The van der Waals surface area contributed by atoms with Crippen LogP contribution < -0.4 is 10.1 Å². The molecule has 1 atom stereocenters. The van der Waals surface area contributed by atoms with E-state index < -0.39 is 6.10 Å². The van der Waals surface area contributed by atoms with E-state index in [4.69, 9.17) is 4.74 Å². The van der Waals surface area contributed by atoms with Gasteiger partial charge in [-0.25, -0.2) is 0 Å². The predicted octanol–water partition coefficient (Wildman–Crippen LogP) is 4.06. The molecule has 5 nitrogen and oxygen atoms in total. The van der Waals surface area contributed by atoms with Crippen LogP contribution in [-0.2, 0) is 4.79 Å². The predicted molar refractivity (Wildman–Crippen MR) is 95.5 cm³/mol. The van der Waals surface area contributed by atoms with Crippen LogP contribution >= 0.6 is 23.1 Å². The van der Waals surface area contributed by atoms with Crippen molar-refractivity contribution in [1.82, 2.24) is 10.2 Å². The average molecular weight is 351 g/mol. The summed E-state index contributed by atoms with van der Waals surface area (Å²) in [6.07, 6.45) is -0.611. The van der Waals surface area contributed by atoms with E-state index in [0.717, 1.165) is 21.2 Å². The average Bonchev–Trinajstić information content (AvgIpc) is 2.89. The van der Waals surface area contributed by atoms with Gasteiger partial charge in [0.2, 0.25) is 5.13 Å². The first-order valence-corrected chi connectivity index (χ1v) is 9.09. The second-order valence-corrected chi connectivity index (χ2v) is 8.36. The van der Waals surface area contributed by atoms with Crippen LogP contribution in [0.5, 0.6) is 5.75 Å². The summed E-state index contributed by atoms with van der Waals surface area (Å²) in [7, 11) is 0. The van der Waals surface area contributed by atoms with Gasteiger partial charge in [-0.1, -0.05) is 49.1 Å². The van der Waals surface area contributed by atoms with E-state index in [1.54, 1.807) is 18.7 Å². The van der Waals surface area contributed by atoms with Crippen molar-refractivity contribution in [3.63, 3.8) is 0 Å². The molecule has 0 bridgehead atoms. The number of ether oxygens (including phenoxy) is 1. The van der Waals surface area contributed by atoms with Gasteiger partial charge in [0, 0.05) is 5.25 Å². The summed E-state index contributed by atoms with van der Waals surface area (Å²) >= 11 is 3.00. The Labute approximate surface area is 144 Å². The molecule has 1 aromatic carbocycles. The summed E-state index contributed by atoms with van der Waals surface area (Å²) in [6, 6.07) is 5.93. The molecule has 0 radical (unpaired) electrons. The Balaban J connectivity index is 1.97. The molecule has 1 N–H and O–H groups in total. The molecule has 1 heterocycles. The van der Waals surface area contributed by atoms with Crippen LogP contribution in [0.3, 0.4) is 0 Å². The first-order valence-electron chi connectivity index (χ1n) is 7.40. The van der Waals surface area contributed by atoms with Crippen molar-refractivity contribution in [1.29, 1.82) is 0 Å². The smallest absolute Gasteiger partial charge is 0.266 e. The van der Waals surface area contributed by atoms with Gasteiger partial charge in [-0.3, -0.25) is 10.1 Å². The molecule has 23 heavy (non-hydrogen) atoms. The van der Waals surface area contributed by atoms with Crippen LogP contribution in [0.4, 0.5) is 5.13 Å². The number of aryl methyl sites for hydroxylation is 2. The van der Waals surface area contributed by atoms with Crippen molar-refractivity contribution in [2.24, 2.45) is 0 Å². The number of nitrogens with one attached hydrogen (secondary N) is 1. The summed E-state index contributed by atoms with van der Waals surface area (Å²) in [5.41, 5.74) is 2.10. The second-order valence-electron chi connectivity index (χ2n) is 5.56. The van der Waals surface area contributed by atoms with Gasteiger partial charge >= 0.3 is 0 Å². The van der Waals surface area contributed by atoms with E-state index in [2.05, 4.69) is 29.4 Å². The Morgan fingerprint density at radius 2 is 2.00 bits per heavy atom. The molecule has 0 saturated heterocycles. The van der Waals surface area contributed by atoms with Crippen LogP contribution in [0.1, 0.15) is 31.9 Å². The van der Waals surface area contributed by atoms with Crippen LogP contribution in [0.2, 0.25) is 0 Å². The lowest BCUT2D eigenvalue weighted by Crippen LogP contribution is -2.30. The normalized spacial score (nSPS) is 12.3. The maximum atomic E-state index is 12.2. The number of carbonyl (C=O) groups excluding carboxylic acids is 1. The van der Waals surface area contributed by atoms with E-state index >= 15 is 0 Å². The highest BCUT2D eigenvalue weighted by Gasteiger charge is 2.18. The Morgan fingerprint density at radius 1 is 1.26 bits per heavy atom. The van der Waals surface area contributed by atoms with Gasteiger partial charge < -0.3 is 4.74 Å². The first-order chi connectivity index (χ1) is 10.8. The van der Waals surface area contributed by atoms with Gasteiger partial charge in [0.1, 0.15) is 5.75 Å². The third-order valence-electron chi connectivity index (χ3n) is 2.99. The fourth-order valence-corrected chi connectivity index (χ4v) is 3.77. The molecular weight excluding hydrogens is 330 g/mol. The molecule has 0 spiro atoms. The fourth-order valence-electron chi connectivity index (χ4n) is 1.79. The van der Waals surface area contributed by atoms with E-state index in [-0.39, 0.29) is 5.91 Å². The molecule has 124 valence electrons. The summed E-state index contributed by atoms with van der Waals surface area (Å²) in [5, 5.41) is 11.7. The van der Waals surface area contributed by atoms with Gasteiger partial charge in [-0.2, -0.15) is 0 Å². The molecule has 1 aromatic heterocycles. The Hall–Kier alpha value is -1.60. The van der Waals surface area contributed by atoms with Crippen molar-refractivity contribution in [2.75, 3.05) is 5.32 Å². The first kappa shape index (κ1) is 17.7. The molecule has 1 amide bonds. The summed E-state index contributed by atoms with van der Waals surface area (Å²) in [6.45, 7) is 9.85. The summed E-state index contributed by atoms with van der Waals surface area (Å²) < 4.78 is 6.62. The molecule has 0 aliphatic rings. The third-order valence-corrected chi connectivity index (χ3v) is 4.92. The number of hydrogen-bond acceptors (Lipinski definition) is 6. The molecule has 0 unspecified atom stereocenters. The number of anilines is 1. The third kappa shape index (κ3) is 5.21. The minimum atomic E-state index is -0.611. The lowest BCUT2D eigenvalue weighted by molar-refractivity contribution is -0.122. The van der Waals surface area contributed by atoms with Crippen LogP contribution in [0.25, 0.3) is 0 Å². The molecule has 0 aliphatic carbocycles. The summed E-state index contributed by atoms with van der Waals surface area (Å²) in [4.78, 5) is 12.2. The molecule has 2 rings (SSSR count). The lowest BCUT2D eigenvalue weighted by atomic mass is 10.1. The highest BCUT2D eigenvalue weighted by atomic mass is 32.2. The fraction of sp³-hybridized carbons (Fsp3) is 0.438. The van der Waals surface area contributed by atoms with Crippen molar-refractivity contribution in [3.8, 4) is 5.75 Å². The maximum absolute atomic E-state index is 12.2. The van der Waals surface area contributed by atoms with Gasteiger partial charge in [0.25, 0.3) is 5.91 Å². The summed E-state index contributed by atoms with van der Waals surface area (Å²) in [5.74, 6) is 0.490. The molecular formula is C16H21N3O2S2. The maximum Gasteiger partial charge on any atom is 0.266 e. The zero-order valence-corrected chi connectivity index (χ0v) is 15.5. The van der Waals surface area contributed by atoms with Crippen molar-refractivity contribution in [3.05, 3.63) is 29.3 Å². The van der Waals surface area contributed by atoms with Crippen LogP contribution in [-0.4, -0.2) is 27.5 Å². The largest absolute Gasteiger partial charge is 0.481 e. The number of hydrogen-bond donors (Lipinski definition) is 1. The van der Waals surface area contributed by atoms with Gasteiger partial charge in [-0.05, 0) is 38.0 Å². The van der Waals surface area contributed by atoms with Crippen LogP contribution in [0.15, 0.2) is 22.5 Å². The molecule has 0 saturated carbocycles. The second kappa shape index (κ2) is 7.79. The number of rotatable bonds is 6. The molecule has 7 heteroatoms. The highest BCUT2D eigenvalue weighted by molar-refractivity contribution is 8.01. The van der Waals surface area contributed by atoms with Gasteiger partial charge in [0.05, 0.1) is 0 Å². The monoisotopic (exact) mass is 351 g/mol. The molecule has 0 fully saturated rings. The van der Waals surface area contributed by atoms with Gasteiger partial charge in [-0.15, -0.1) is 10.2 Å². The minimum absolute atomic E-state index is 0.233. The van der Waals surface area contributed by atoms with Crippen molar-refractivity contribution >= 4 is 34.1 Å². The van der Waals surface area contributed by atoms with Crippen molar-refractivity contribution < 1.29 is 9.53 Å². The number of benzene rings is 1. The zero-order chi connectivity index (χ0) is 17.0. The Kier molecular flexibility index (Phi) is 6.01. The van der Waals surface area contributed by atoms with E-state index in [9.17, 15) is 4.79 Å². The topological polar surface area (TPSA) is 64.1 Å². The standard InChI is InChI=1S/C16H21N3O2S2/c1-9(2)22-16-19-18-15(23-16)17-14(20)12(5)21-13-8-10(3)6-7-11(13)4/h6-9,12H,1-5H3,(H,17,18,20)/t12-/m1/s1. The van der Waals surface area contributed by atoms with Gasteiger partial charge in [0.15, 0.2) is 10.4 Å². The number of carbonyl (C=O) groups is 1. The number of aromatic nitrogens is 2. The van der Waals surface area contributed by atoms with E-state index in [1.165, 1.54) is 11.3 Å². The molecule has 0 aliphatic heterocycles.